The van der Waals surface area contributed by atoms with Gasteiger partial charge in [-0.15, -0.1) is 0 Å². The van der Waals surface area contributed by atoms with Crippen molar-refractivity contribution in [3.05, 3.63) is 18.0 Å². The minimum Gasteiger partial charge on any atom is -0.483 e. The molecule has 1 aromatic heterocycles. The summed E-state index contributed by atoms with van der Waals surface area (Å²) in [5, 5.41) is 18.0. The first-order valence-electron chi connectivity index (χ1n) is 7.55. The van der Waals surface area contributed by atoms with Crippen LogP contribution in [0.2, 0.25) is 0 Å². The monoisotopic (exact) mass is 344 g/mol. The smallest absolute Gasteiger partial charge is 0.290 e. The summed E-state index contributed by atoms with van der Waals surface area (Å²) in [5.41, 5.74) is 1.26. The molecule has 0 bridgehead atoms. The maximum absolute atomic E-state index is 8.36. The van der Waals surface area contributed by atoms with E-state index >= 15 is 0 Å². The molecule has 0 radical (unpaired) electrons. The largest absolute Gasteiger partial charge is 0.483 e. The molecule has 1 aliphatic heterocycles. The highest BCUT2D eigenvalue weighted by Gasteiger charge is 2.19. The van der Waals surface area contributed by atoms with Crippen molar-refractivity contribution in [1.82, 2.24) is 19.6 Å². The van der Waals surface area contributed by atoms with E-state index in [0.29, 0.717) is 5.92 Å². The van der Waals surface area contributed by atoms with E-state index in [2.05, 4.69) is 35.1 Å². The van der Waals surface area contributed by atoms with Crippen molar-refractivity contribution in [2.45, 2.75) is 6.54 Å². The normalized spacial score (nSPS) is 17.8. The topological polar surface area (TPSA) is 108 Å². The van der Waals surface area contributed by atoms with E-state index < -0.39 is 0 Å². The predicted octanol–water partition coefficient (Wildman–Crippen LogP) is -0.168. The van der Waals surface area contributed by atoms with Crippen molar-refractivity contribution in [3.63, 3.8) is 0 Å². The fourth-order valence-electron chi connectivity index (χ4n) is 2.51. The van der Waals surface area contributed by atoms with Crippen LogP contribution < -0.4 is 0 Å². The molecule has 1 atom stereocenters. The number of hydrogen-bond donors (Lipinski definition) is 2. The summed E-state index contributed by atoms with van der Waals surface area (Å²) in [6.07, 6.45) is 1.86. The second-order valence-corrected chi connectivity index (χ2v) is 5.60. The van der Waals surface area contributed by atoms with Crippen LogP contribution in [0.3, 0.4) is 0 Å². The van der Waals surface area contributed by atoms with E-state index in [1.165, 1.54) is 5.69 Å². The molecule has 2 heterocycles. The molecule has 0 amide bonds. The molecule has 1 aromatic rings. The number of nitrogens with zero attached hydrogens (tertiary/aromatic N) is 4. The van der Waals surface area contributed by atoms with Crippen molar-refractivity contribution in [3.8, 4) is 0 Å². The van der Waals surface area contributed by atoms with Crippen LogP contribution in [-0.2, 0) is 27.9 Å². The molecule has 2 rings (SSSR count). The molecular weight excluding hydrogens is 316 g/mol. The Kier molecular flexibility index (Phi) is 12.4. The third-order valence-electron chi connectivity index (χ3n) is 3.35. The van der Waals surface area contributed by atoms with Gasteiger partial charge in [0.1, 0.15) is 0 Å². The van der Waals surface area contributed by atoms with Gasteiger partial charge < -0.3 is 19.8 Å². The zero-order chi connectivity index (χ0) is 18.4. The predicted molar refractivity (Wildman–Crippen MR) is 88.7 cm³/mol. The lowest BCUT2D eigenvalue weighted by molar-refractivity contribution is -0.123. The van der Waals surface area contributed by atoms with Crippen LogP contribution in [0.4, 0.5) is 0 Å². The van der Waals surface area contributed by atoms with E-state index in [4.69, 9.17) is 24.5 Å². The number of hydrogen-bond acceptors (Lipinski definition) is 6. The Hall–Kier alpha value is -1.97. The summed E-state index contributed by atoms with van der Waals surface area (Å²) in [5.74, 6) is 0.593. The first kappa shape index (κ1) is 22.0. The number of carboxylic acid groups (broad SMARTS) is 2. The van der Waals surface area contributed by atoms with Gasteiger partial charge in [0.05, 0.1) is 18.9 Å². The number of rotatable bonds is 4. The summed E-state index contributed by atoms with van der Waals surface area (Å²) in [7, 11) is 6.24. The summed E-state index contributed by atoms with van der Waals surface area (Å²) in [6, 6.07) is 2.09. The molecule has 1 aliphatic rings. The molecular formula is C15H28N4O5. The van der Waals surface area contributed by atoms with Gasteiger partial charge in [0.25, 0.3) is 12.9 Å². The maximum Gasteiger partial charge on any atom is 0.290 e. The molecule has 24 heavy (non-hydrogen) atoms. The quantitative estimate of drug-likeness (QED) is 0.725. The van der Waals surface area contributed by atoms with Crippen LogP contribution in [0, 0.1) is 5.92 Å². The van der Waals surface area contributed by atoms with Crippen molar-refractivity contribution < 1.29 is 24.5 Å². The van der Waals surface area contributed by atoms with Crippen LogP contribution in [-0.4, -0.2) is 89.7 Å². The number of aromatic nitrogens is 2. The summed E-state index contributed by atoms with van der Waals surface area (Å²) >= 11 is 0. The highest BCUT2D eigenvalue weighted by atomic mass is 16.5. The standard InChI is InChI=1S/C13H24N4O.2CH2O2/c1-15(2)8-12-9-17(6-7-18-11-12)10-13-4-5-14-16(13)3;2*2-1-3/h4-5,12H,6-11H2,1-3H3;2*1H,(H,2,3). The molecule has 0 aromatic carbocycles. The lowest BCUT2D eigenvalue weighted by atomic mass is 10.1. The van der Waals surface area contributed by atoms with Crippen molar-refractivity contribution in [2.24, 2.45) is 13.0 Å². The average Bonchev–Trinajstić information content (AvgIpc) is 2.77. The van der Waals surface area contributed by atoms with Crippen LogP contribution in [0.15, 0.2) is 12.3 Å². The summed E-state index contributed by atoms with van der Waals surface area (Å²) in [4.78, 5) is 21.4. The second-order valence-electron chi connectivity index (χ2n) is 5.60. The highest BCUT2D eigenvalue weighted by molar-refractivity contribution is 5.33. The summed E-state index contributed by atoms with van der Waals surface area (Å²) in [6.45, 7) is 5.37. The first-order valence-corrected chi connectivity index (χ1v) is 7.55. The molecule has 0 spiro atoms. The molecule has 138 valence electrons. The van der Waals surface area contributed by atoms with Crippen LogP contribution in [0.5, 0.6) is 0 Å². The van der Waals surface area contributed by atoms with Gasteiger partial charge in [-0.3, -0.25) is 19.2 Å². The van der Waals surface area contributed by atoms with Crippen LogP contribution in [0.25, 0.3) is 0 Å². The Labute approximate surface area is 142 Å². The zero-order valence-corrected chi connectivity index (χ0v) is 14.5. The molecule has 0 saturated carbocycles. The van der Waals surface area contributed by atoms with Gasteiger partial charge in [0.15, 0.2) is 0 Å². The molecule has 0 aliphatic carbocycles. The number of aryl methyl sites for hydroxylation is 1. The summed E-state index contributed by atoms with van der Waals surface area (Å²) < 4.78 is 7.65. The Bertz CT molecular complexity index is 447. The number of ether oxygens (including phenoxy) is 1. The van der Waals surface area contributed by atoms with Gasteiger partial charge in [-0.1, -0.05) is 0 Å². The first-order chi connectivity index (χ1) is 11.5. The van der Waals surface area contributed by atoms with E-state index in [9.17, 15) is 0 Å². The molecule has 1 fully saturated rings. The number of carbonyl (C=O) groups is 2. The fourth-order valence-corrected chi connectivity index (χ4v) is 2.51. The van der Waals surface area contributed by atoms with E-state index in [1.807, 2.05) is 17.9 Å². The maximum atomic E-state index is 8.36. The van der Waals surface area contributed by atoms with Crippen molar-refractivity contribution in [1.29, 1.82) is 0 Å². The molecule has 9 heteroatoms. The van der Waals surface area contributed by atoms with Crippen molar-refractivity contribution in [2.75, 3.05) is 46.9 Å². The van der Waals surface area contributed by atoms with Crippen molar-refractivity contribution >= 4 is 12.9 Å². The van der Waals surface area contributed by atoms with E-state index in [0.717, 1.165) is 39.4 Å². The fraction of sp³-hybridized carbons (Fsp3) is 0.667. The highest BCUT2D eigenvalue weighted by Crippen LogP contribution is 2.11. The third kappa shape index (κ3) is 9.93. The van der Waals surface area contributed by atoms with E-state index in [-0.39, 0.29) is 12.9 Å². The van der Waals surface area contributed by atoms with E-state index in [1.54, 1.807) is 0 Å². The van der Waals surface area contributed by atoms with Gasteiger partial charge in [-0.05, 0) is 20.2 Å². The Morgan fingerprint density at radius 3 is 2.50 bits per heavy atom. The minimum absolute atomic E-state index is 0.250. The molecule has 2 N–H and O–H groups in total. The van der Waals surface area contributed by atoms with Gasteiger partial charge in [-0.25, -0.2) is 0 Å². The Morgan fingerprint density at radius 1 is 1.38 bits per heavy atom. The minimum atomic E-state index is -0.250. The van der Waals surface area contributed by atoms with Gasteiger partial charge >= 0.3 is 0 Å². The van der Waals surface area contributed by atoms with Crippen LogP contribution in [0.1, 0.15) is 5.69 Å². The van der Waals surface area contributed by atoms with Crippen LogP contribution >= 0.6 is 0 Å². The lowest BCUT2D eigenvalue weighted by Gasteiger charge is -2.25. The van der Waals surface area contributed by atoms with Gasteiger partial charge in [-0.2, -0.15) is 5.10 Å². The molecule has 1 unspecified atom stereocenters. The second kappa shape index (κ2) is 13.5. The lowest BCUT2D eigenvalue weighted by Crippen LogP contribution is -2.34. The Morgan fingerprint density at radius 2 is 2.00 bits per heavy atom. The third-order valence-corrected chi connectivity index (χ3v) is 3.35. The molecule has 1 saturated heterocycles. The Balaban J connectivity index is 0.000000772. The molecule has 9 nitrogen and oxygen atoms in total. The SMILES string of the molecule is CN(C)CC1COCCN(Cc2ccnn2C)C1.O=CO.O=CO. The van der Waals surface area contributed by atoms with Gasteiger partial charge in [0, 0.05) is 45.3 Å². The van der Waals surface area contributed by atoms with Gasteiger partial charge in [0.2, 0.25) is 0 Å². The average molecular weight is 344 g/mol. The zero-order valence-electron chi connectivity index (χ0n) is 14.5.